The Bertz CT molecular complexity index is 467. The molecule has 1 unspecified atom stereocenters. The van der Waals surface area contributed by atoms with Gasteiger partial charge >= 0.3 is 5.97 Å². The quantitative estimate of drug-likeness (QED) is 0.846. The van der Waals surface area contributed by atoms with Gasteiger partial charge in [0, 0.05) is 16.5 Å². The van der Waals surface area contributed by atoms with Crippen LogP contribution in [0.5, 0.6) is 5.75 Å². The van der Waals surface area contributed by atoms with E-state index in [1.165, 1.54) is 25.1 Å². The summed E-state index contributed by atoms with van der Waals surface area (Å²) in [5.74, 6) is -1.75. The third-order valence-electron chi connectivity index (χ3n) is 2.42. The van der Waals surface area contributed by atoms with Crippen LogP contribution in [0.25, 0.3) is 0 Å². The van der Waals surface area contributed by atoms with Gasteiger partial charge in [0.1, 0.15) is 5.75 Å². The summed E-state index contributed by atoms with van der Waals surface area (Å²) >= 11 is 11.6. The van der Waals surface area contributed by atoms with E-state index in [4.69, 9.17) is 33.0 Å². The van der Waals surface area contributed by atoms with Crippen molar-refractivity contribution in [3.63, 3.8) is 0 Å². The van der Waals surface area contributed by atoms with Crippen LogP contribution >= 0.6 is 23.2 Å². The zero-order valence-corrected chi connectivity index (χ0v) is 11.4. The fourth-order valence-electron chi connectivity index (χ4n) is 1.38. The number of rotatable bonds is 5. The smallest absolute Gasteiger partial charge is 0.355 e. The van der Waals surface area contributed by atoms with Crippen LogP contribution < -0.4 is 4.74 Å². The van der Waals surface area contributed by atoms with Crippen LogP contribution in [0.4, 0.5) is 0 Å². The molecule has 1 aromatic rings. The summed E-state index contributed by atoms with van der Waals surface area (Å²) in [6.45, 7) is 2.77. The van der Waals surface area contributed by atoms with E-state index in [0.29, 0.717) is 10.0 Å². The minimum Gasteiger partial charge on any atom is -0.478 e. The Kier molecular flexibility index (Phi) is 4.59. The molecule has 0 saturated heterocycles. The molecule has 1 aromatic carbocycles. The normalized spacial score (nSPS) is 13.8. The van der Waals surface area contributed by atoms with E-state index >= 15 is 0 Å². The molecule has 0 bridgehead atoms. The Balaban J connectivity index is 3.11. The van der Waals surface area contributed by atoms with E-state index in [-0.39, 0.29) is 12.2 Å². The van der Waals surface area contributed by atoms with Crippen molar-refractivity contribution in [2.45, 2.75) is 25.9 Å². The van der Waals surface area contributed by atoms with Gasteiger partial charge in [0.25, 0.3) is 5.60 Å². The minimum absolute atomic E-state index is 0.0527. The van der Waals surface area contributed by atoms with Gasteiger partial charge < -0.3 is 9.84 Å². The van der Waals surface area contributed by atoms with Crippen LogP contribution in [-0.4, -0.2) is 22.5 Å². The first-order valence-corrected chi connectivity index (χ1v) is 5.97. The third kappa shape index (κ3) is 3.15. The number of hydrogen-bond acceptors (Lipinski definition) is 3. The second-order valence-corrected chi connectivity index (χ2v) is 4.70. The van der Waals surface area contributed by atoms with E-state index in [0.717, 1.165) is 0 Å². The standard InChI is InChI=1S/C12H12Cl2O4/c1-3-10(15)12(2,11(16)17)18-9-5-7(13)4-8(14)6-9/h4-6H,3H2,1-2H3,(H,16,17). The molecule has 0 heterocycles. The van der Waals surface area contributed by atoms with Crippen LogP contribution in [-0.2, 0) is 9.59 Å². The van der Waals surface area contributed by atoms with Crippen LogP contribution in [0.1, 0.15) is 20.3 Å². The molecule has 1 rings (SSSR count). The maximum atomic E-state index is 11.7. The number of benzene rings is 1. The van der Waals surface area contributed by atoms with Crippen LogP contribution in [0.3, 0.4) is 0 Å². The molecule has 0 aliphatic rings. The van der Waals surface area contributed by atoms with Crippen molar-refractivity contribution in [1.82, 2.24) is 0 Å². The lowest BCUT2D eigenvalue weighted by atomic mass is 9.99. The Morgan fingerprint density at radius 2 is 1.78 bits per heavy atom. The molecule has 98 valence electrons. The number of carbonyl (C=O) groups excluding carboxylic acids is 1. The Morgan fingerprint density at radius 3 is 2.17 bits per heavy atom. The van der Waals surface area contributed by atoms with Gasteiger partial charge in [-0.1, -0.05) is 30.1 Å². The molecule has 0 spiro atoms. The van der Waals surface area contributed by atoms with Crippen molar-refractivity contribution in [3.05, 3.63) is 28.2 Å². The summed E-state index contributed by atoms with van der Waals surface area (Å²) in [7, 11) is 0. The Labute approximate surface area is 114 Å². The highest BCUT2D eigenvalue weighted by Gasteiger charge is 2.42. The van der Waals surface area contributed by atoms with Crippen LogP contribution in [0.15, 0.2) is 18.2 Å². The van der Waals surface area contributed by atoms with Crippen molar-refractivity contribution in [1.29, 1.82) is 0 Å². The number of ketones is 1. The molecular formula is C12H12Cl2O4. The average molecular weight is 291 g/mol. The van der Waals surface area contributed by atoms with Gasteiger partial charge in [-0.05, 0) is 25.1 Å². The van der Waals surface area contributed by atoms with E-state index in [9.17, 15) is 9.59 Å². The lowest BCUT2D eigenvalue weighted by Gasteiger charge is -2.24. The zero-order valence-electron chi connectivity index (χ0n) is 9.87. The number of ether oxygens (including phenoxy) is 1. The van der Waals surface area contributed by atoms with Gasteiger partial charge in [-0.3, -0.25) is 4.79 Å². The first-order chi connectivity index (χ1) is 8.29. The average Bonchev–Trinajstić information content (AvgIpc) is 2.25. The predicted octanol–water partition coefficient (Wildman–Crippen LogP) is 3.19. The van der Waals surface area contributed by atoms with Gasteiger partial charge in [-0.25, -0.2) is 4.79 Å². The monoisotopic (exact) mass is 290 g/mol. The highest BCUT2D eigenvalue weighted by molar-refractivity contribution is 6.34. The second-order valence-electron chi connectivity index (χ2n) is 3.82. The summed E-state index contributed by atoms with van der Waals surface area (Å²) < 4.78 is 5.26. The summed E-state index contributed by atoms with van der Waals surface area (Å²) in [6.07, 6.45) is 0.0527. The molecule has 0 aliphatic carbocycles. The molecular weight excluding hydrogens is 279 g/mol. The molecule has 0 aromatic heterocycles. The van der Waals surface area contributed by atoms with Crippen LogP contribution in [0, 0.1) is 0 Å². The molecule has 18 heavy (non-hydrogen) atoms. The molecule has 0 fully saturated rings. The number of Topliss-reactive ketones (excluding diaryl/α,β-unsaturated/α-hetero) is 1. The molecule has 0 aliphatic heterocycles. The molecule has 4 nitrogen and oxygen atoms in total. The predicted molar refractivity (Wildman–Crippen MR) is 68.4 cm³/mol. The summed E-state index contributed by atoms with van der Waals surface area (Å²) in [6, 6.07) is 4.28. The van der Waals surface area contributed by atoms with Crippen LogP contribution in [0.2, 0.25) is 10.0 Å². The SMILES string of the molecule is CCC(=O)C(C)(Oc1cc(Cl)cc(Cl)c1)C(=O)O. The molecule has 0 radical (unpaired) electrons. The number of carboxylic acid groups (broad SMARTS) is 1. The first kappa shape index (κ1) is 14.8. The Hall–Kier alpha value is -1.26. The number of carbonyl (C=O) groups is 2. The summed E-state index contributed by atoms with van der Waals surface area (Å²) in [5, 5.41) is 9.72. The highest BCUT2D eigenvalue weighted by atomic mass is 35.5. The van der Waals surface area contributed by atoms with E-state index in [2.05, 4.69) is 0 Å². The highest BCUT2D eigenvalue weighted by Crippen LogP contribution is 2.28. The van der Waals surface area contributed by atoms with Crippen molar-refractivity contribution in [2.24, 2.45) is 0 Å². The van der Waals surface area contributed by atoms with Gasteiger partial charge in [0.05, 0.1) is 0 Å². The maximum absolute atomic E-state index is 11.7. The van der Waals surface area contributed by atoms with Crippen molar-refractivity contribution < 1.29 is 19.4 Å². The fourth-order valence-corrected chi connectivity index (χ4v) is 1.89. The largest absolute Gasteiger partial charge is 0.478 e. The first-order valence-electron chi connectivity index (χ1n) is 5.21. The van der Waals surface area contributed by atoms with Crippen molar-refractivity contribution in [3.8, 4) is 5.75 Å². The van der Waals surface area contributed by atoms with Gasteiger partial charge in [-0.2, -0.15) is 0 Å². The lowest BCUT2D eigenvalue weighted by molar-refractivity contribution is -0.160. The number of hydrogen-bond donors (Lipinski definition) is 1. The van der Waals surface area contributed by atoms with E-state index in [1.807, 2.05) is 0 Å². The molecule has 0 amide bonds. The Morgan fingerprint density at radius 1 is 1.28 bits per heavy atom. The second kappa shape index (κ2) is 5.59. The molecule has 1 N–H and O–H groups in total. The van der Waals surface area contributed by atoms with E-state index < -0.39 is 17.4 Å². The maximum Gasteiger partial charge on any atom is 0.355 e. The summed E-state index contributed by atoms with van der Waals surface area (Å²) in [4.78, 5) is 22.9. The number of aliphatic carboxylic acids is 1. The molecule has 6 heteroatoms. The zero-order chi connectivity index (χ0) is 13.9. The van der Waals surface area contributed by atoms with E-state index in [1.54, 1.807) is 6.92 Å². The van der Waals surface area contributed by atoms with Gasteiger partial charge in [0.15, 0.2) is 5.78 Å². The fraction of sp³-hybridized carbons (Fsp3) is 0.333. The third-order valence-corrected chi connectivity index (χ3v) is 2.86. The minimum atomic E-state index is -1.94. The lowest BCUT2D eigenvalue weighted by Crippen LogP contribution is -2.48. The van der Waals surface area contributed by atoms with Crippen molar-refractivity contribution in [2.75, 3.05) is 0 Å². The summed E-state index contributed by atoms with van der Waals surface area (Å²) in [5.41, 5.74) is -1.94. The molecule has 1 atom stereocenters. The van der Waals surface area contributed by atoms with Crippen molar-refractivity contribution >= 4 is 35.0 Å². The topological polar surface area (TPSA) is 63.6 Å². The molecule has 0 saturated carbocycles. The number of halogens is 2. The van der Waals surface area contributed by atoms with Gasteiger partial charge in [0.2, 0.25) is 0 Å². The number of carboxylic acids is 1. The van der Waals surface area contributed by atoms with Gasteiger partial charge in [-0.15, -0.1) is 0 Å².